The third-order valence-corrected chi connectivity index (χ3v) is 2.50. The summed E-state index contributed by atoms with van der Waals surface area (Å²) in [5, 5.41) is 0. The van der Waals surface area contributed by atoms with E-state index in [4.69, 9.17) is 0 Å². The molecular formula is C8H16O3SSi. The number of hydrogen-bond acceptors (Lipinski definition) is 3. The van der Waals surface area contributed by atoms with Crippen LogP contribution < -0.4 is 0 Å². The summed E-state index contributed by atoms with van der Waals surface area (Å²) in [6.45, 7) is 7.90. The van der Waals surface area contributed by atoms with E-state index in [-0.39, 0.29) is 0 Å². The van der Waals surface area contributed by atoms with Gasteiger partial charge in [0.1, 0.15) is 14.2 Å². The predicted octanol–water partition coefficient (Wildman–Crippen LogP) is 1.23. The van der Waals surface area contributed by atoms with Crippen molar-refractivity contribution >= 4 is 18.2 Å². The summed E-state index contributed by atoms with van der Waals surface area (Å²) < 4.78 is 26.0. The summed E-state index contributed by atoms with van der Waals surface area (Å²) in [6, 6.07) is 0. The molecule has 0 spiro atoms. The Labute approximate surface area is 81.6 Å². The first-order chi connectivity index (χ1) is 5.60. The van der Waals surface area contributed by atoms with Gasteiger partial charge in [0.05, 0.1) is 6.26 Å². The quantitative estimate of drug-likeness (QED) is 0.399. The van der Waals surface area contributed by atoms with Crippen LogP contribution in [0.5, 0.6) is 0 Å². The molecule has 0 bridgehead atoms. The standard InChI is InChI=1S/C8H16O3SSi/c1-8(11-12(2,9)10)6-7-13(3,4)5/h8H,1-5H3/t8-/m1/s1. The lowest BCUT2D eigenvalue weighted by molar-refractivity contribution is 0.286. The lowest BCUT2D eigenvalue weighted by Crippen LogP contribution is -2.19. The monoisotopic (exact) mass is 220 g/mol. The topological polar surface area (TPSA) is 43.4 Å². The van der Waals surface area contributed by atoms with E-state index in [9.17, 15) is 8.42 Å². The maximum absolute atomic E-state index is 10.7. The van der Waals surface area contributed by atoms with Gasteiger partial charge in [-0.05, 0) is 6.92 Å². The van der Waals surface area contributed by atoms with Gasteiger partial charge in [-0.2, -0.15) is 8.42 Å². The maximum atomic E-state index is 10.7. The fraction of sp³-hybridized carbons (Fsp3) is 0.750. The summed E-state index contributed by atoms with van der Waals surface area (Å²) in [5.41, 5.74) is 3.04. The molecule has 0 radical (unpaired) electrons. The fourth-order valence-electron chi connectivity index (χ4n) is 0.604. The molecule has 0 aromatic heterocycles. The van der Waals surface area contributed by atoms with Gasteiger partial charge in [0.25, 0.3) is 10.1 Å². The van der Waals surface area contributed by atoms with Gasteiger partial charge in [-0.1, -0.05) is 25.6 Å². The van der Waals surface area contributed by atoms with Gasteiger partial charge in [0, 0.05) is 0 Å². The molecule has 5 heteroatoms. The summed E-state index contributed by atoms with van der Waals surface area (Å²) in [5.74, 6) is 2.79. The van der Waals surface area contributed by atoms with E-state index in [2.05, 4.69) is 35.3 Å². The zero-order valence-electron chi connectivity index (χ0n) is 8.71. The number of hydrogen-bond donors (Lipinski definition) is 0. The molecule has 0 aliphatic carbocycles. The first-order valence-electron chi connectivity index (χ1n) is 4.01. The Hall–Kier alpha value is -0.313. The van der Waals surface area contributed by atoms with E-state index in [1.54, 1.807) is 6.92 Å². The summed E-state index contributed by atoms with van der Waals surface area (Å²) in [7, 11) is -4.81. The highest BCUT2D eigenvalue weighted by atomic mass is 32.2. The normalized spacial score (nSPS) is 14.5. The molecule has 0 aliphatic rings. The minimum Gasteiger partial charge on any atom is -0.254 e. The van der Waals surface area contributed by atoms with Crippen LogP contribution in [0.25, 0.3) is 0 Å². The second kappa shape index (κ2) is 4.27. The van der Waals surface area contributed by atoms with Gasteiger partial charge in [-0.3, -0.25) is 4.18 Å². The van der Waals surface area contributed by atoms with Crippen molar-refractivity contribution in [2.45, 2.75) is 32.7 Å². The van der Waals surface area contributed by atoms with E-state index < -0.39 is 24.3 Å². The number of rotatable bonds is 2. The third kappa shape index (κ3) is 9.60. The summed E-state index contributed by atoms with van der Waals surface area (Å²) >= 11 is 0. The van der Waals surface area contributed by atoms with Crippen molar-refractivity contribution in [1.29, 1.82) is 0 Å². The molecule has 0 aliphatic heterocycles. The molecule has 0 unspecified atom stereocenters. The summed E-state index contributed by atoms with van der Waals surface area (Å²) in [6.07, 6.45) is 0.487. The first-order valence-corrected chi connectivity index (χ1v) is 9.33. The SMILES string of the molecule is C[C@H](C#C[Si](C)(C)C)OS(C)(=O)=O. The smallest absolute Gasteiger partial charge is 0.254 e. The maximum Gasteiger partial charge on any atom is 0.265 e. The van der Waals surface area contributed by atoms with Crippen molar-refractivity contribution in [2.75, 3.05) is 6.26 Å². The third-order valence-electron chi connectivity index (χ3n) is 0.970. The van der Waals surface area contributed by atoms with E-state index in [1.165, 1.54) is 0 Å². The van der Waals surface area contributed by atoms with Crippen LogP contribution in [0.2, 0.25) is 19.6 Å². The fourth-order valence-corrected chi connectivity index (χ4v) is 1.81. The van der Waals surface area contributed by atoms with Crippen LogP contribution in [0.15, 0.2) is 0 Å². The molecule has 3 nitrogen and oxygen atoms in total. The van der Waals surface area contributed by atoms with Gasteiger partial charge in [-0.25, -0.2) is 0 Å². The Kier molecular flexibility index (Phi) is 4.16. The lowest BCUT2D eigenvalue weighted by Gasteiger charge is -2.06. The molecule has 0 rings (SSSR count). The first kappa shape index (κ1) is 12.7. The van der Waals surface area contributed by atoms with Crippen molar-refractivity contribution in [3.8, 4) is 11.5 Å². The van der Waals surface area contributed by atoms with E-state index in [0.717, 1.165) is 6.26 Å². The van der Waals surface area contributed by atoms with E-state index in [1.807, 2.05) is 0 Å². The molecule has 0 saturated heterocycles. The van der Waals surface area contributed by atoms with Crippen LogP contribution in [0.4, 0.5) is 0 Å². The van der Waals surface area contributed by atoms with E-state index in [0.29, 0.717) is 0 Å². The van der Waals surface area contributed by atoms with Crippen LogP contribution >= 0.6 is 0 Å². The van der Waals surface area contributed by atoms with Gasteiger partial charge in [0.2, 0.25) is 0 Å². The van der Waals surface area contributed by atoms with Crippen molar-refractivity contribution in [2.24, 2.45) is 0 Å². The highest BCUT2D eigenvalue weighted by molar-refractivity contribution is 7.86. The van der Waals surface area contributed by atoms with Crippen molar-refractivity contribution < 1.29 is 12.6 Å². The predicted molar refractivity (Wildman–Crippen MR) is 56.5 cm³/mol. The van der Waals surface area contributed by atoms with Gasteiger partial charge in [-0.15, -0.1) is 5.54 Å². The van der Waals surface area contributed by atoms with Crippen LogP contribution in [-0.2, 0) is 14.3 Å². The average molecular weight is 220 g/mol. The molecule has 0 heterocycles. The second-order valence-corrected chi connectivity index (χ2v) is 10.3. The molecule has 0 saturated carbocycles. The Bertz CT molecular complexity index is 316. The molecule has 0 aromatic rings. The minimum atomic E-state index is -3.38. The van der Waals surface area contributed by atoms with Gasteiger partial charge in [0.15, 0.2) is 0 Å². The Morgan fingerprint density at radius 2 is 1.77 bits per heavy atom. The molecular weight excluding hydrogens is 204 g/mol. The largest absolute Gasteiger partial charge is 0.265 e. The molecule has 76 valence electrons. The Morgan fingerprint density at radius 3 is 2.08 bits per heavy atom. The van der Waals surface area contributed by atoms with E-state index >= 15 is 0 Å². The van der Waals surface area contributed by atoms with Gasteiger partial charge >= 0.3 is 0 Å². The highest BCUT2D eigenvalue weighted by Crippen LogP contribution is 1.99. The lowest BCUT2D eigenvalue weighted by atomic mass is 10.4. The Balaban J connectivity index is 4.31. The second-order valence-electron chi connectivity index (χ2n) is 3.96. The van der Waals surface area contributed by atoms with Crippen molar-refractivity contribution in [1.82, 2.24) is 0 Å². The average Bonchev–Trinajstić information content (AvgIpc) is 1.78. The zero-order valence-corrected chi connectivity index (χ0v) is 10.5. The van der Waals surface area contributed by atoms with Crippen LogP contribution in [-0.4, -0.2) is 28.9 Å². The highest BCUT2D eigenvalue weighted by Gasteiger charge is 2.10. The zero-order chi connectivity index (χ0) is 10.7. The molecule has 0 amide bonds. The molecule has 0 aromatic carbocycles. The summed E-state index contributed by atoms with van der Waals surface area (Å²) in [4.78, 5) is 0. The van der Waals surface area contributed by atoms with Crippen LogP contribution in [0.1, 0.15) is 6.92 Å². The van der Waals surface area contributed by atoms with Crippen LogP contribution in [0.3, 0.4) is 0 Å². The van der Waals surface area contributed by atoms with Gasteiger partial charge < -0.3 is 0 Å². The molecule has 13 heavy (non-hydrogen) atoms. The van der Waals surface area contributed by atoms with Crippen molar-refractivity contribution in [3.63, 3.8) is 0 Å². The minimum absolute atomic E-state index is 0.540. The molecule has 0 fully saturated rings. The van der Waals surface area contributed by atoms with Crippen LogP contribution in [0, 0.1) is 11.5 Å². The Morgan fingerprint density at radius 1 is 1.31 bits per heavy atom. The molecule has 1 atom stereocenters. The van der Waals surface area contributed by atoms with Crippen molar-refractivity contribution in [3.05, 3.63) is 0 Å². The molecule has 0 N–H and O–H groups in total.